The van der Waals surface area contributed by atoms with Crippen LogP contribution in [0.2, 0.25) is 5.02 Å². The quantitative estimate of drug-likeness (QED) is 0.857. The lowest BCUT2D eigenvalue weighted by molar-refractivity contribution is -0.109. The van der Waals surface area contributed by atoms with Crippen LogP contribution < -0.4 is 0 Å². The third-order valence-corrected chi connectivity index (χ3v) is 3.37. The zero-order valence-corrected chi connectivity index (χ0v) is 10.9. The molecule has 17 heavy (non-hydrogen) atoms. The van der Waals surface area contributed by atoms with E-state index in [1.165, 1.54) is 19.3 Å². The van der Waals surface area contributed by atoms with Gasteiger partial charge in [0, 0.05) is 30.6 Å². The van der Waals surface area contributed by atoms with Crippen LogP contribution in [0.25, 0.3) is 0 Å². The van der Waals surface area contributed by atoms with E-state index in [1.54, 1.807) is 6.07 Å². The second-order valence-corrected chi connectivity index (χ2v) is 5.22. The van der Waals surface area contributed by atoms with Gasteiger partial charge in [0.15, 0.2) is 5.12 Å². The Kier molecular flexibility index (Phi) is 5.91. The molecule has 0 radical (unpaired) electrons. The number of pyridine rings is 1. The fraction of sp³-hybridized carbons (Fsp3) is 0.455. The van der Waals surface area contributed by atoms with E-state index in [-0.39, 0.29) is 5.12 Å². The van der Waals surface area contributed by atoms with Crippen molar-refractivity contribution in [3.8, 4) is 0 Å². The Morgan fingerprint density at radius 3 is 2.88 bits per heavy atom. The molecule has 2 unspecified atom stereocenters. The standard InChI is InChI=1S/C11H14ClNO3S/c1-7(14)17-5-3-10(15)11(16)8-2-4-13-6-9(8)12/h2,4,6,10-11,15-16H,3,5H2,1H3. The van der Waals surface area contributed by atoms with Gasteiger partial charge in [-0.25, -0.2) is 0 Å². The zero-order valence-electron chi connectivity index (χ0n) is 9.34. The maximum absolute atomic E-state index is 10.7. The molecule has 6 heteroatoms. The molecule has 0 aliphatic rings. The number of aliphatic hydroxyl groups is 2. The SMILES string of the molecule is CC(=O)SCCC(O)C(O)c1ccncc1Cl. The molecule has 0 aromatic carbocycles. The number of carbonyl (C=O) groups is 1. The minimum absolute atomic E-state index is 0.00590. The predicted octanol–water partition coefficient (Wildman–Crippen LogP) is 1.80. The van der Waals surface area contributed by atoms with Crippen LogP contribution in [0.5, 0.6) is 0 Å². The van der Waals surface area contributed by atoms with Crippen LogP contribution in [0.4, 0.5) is 0 Å². The summed E-state index contributed by atoms with van der Waals surface area (Å²) < 4.78 is 0. The number of rotatable bonds is 5. The predicted molar refractivity (Wildman–Crippen MR) is 68.0 cm³/mol. The van der Waals surface area contributed by atoms with Crippen molar-refractivity contribution in [1.29, 1.82) is 0 Å². The molecular weight excluding hydrogens is 262 g/mol. The van der Waals surface area contributed by atoms with Gasteiger partial charge in [-0.05, 0) is 12.5 Å². The topological polar surface area (TPSA) is 70.4 Å². The molecule has 94 valence electrons. The highest BCUT2D eigenvalue weighted by Crippen LogP contribution is 2.26. The van der Waals surface area contributed by atoms with Crippen molar-refractivity contribution < 1.29 is 15.0 Å². The Bertz CT molecular complexity index is 389. The molecule has 2 atom stereocenters. The zero-order chi connectivity index (χ0) is 12.8. The number of halogens is 1. The molecule has 0 spiro atoms. The van der Waals surface area contributed by atoms with Crippen molar-refractivity contribution in [2.45, 2.75) is 25.6 Å². The lowest BCUT2D eigenvalue weighted by Crippen LogP contribution is -2.19. The molecule has 1 heterocycles. The van der Waals surface area contributed by atoms with Gasteiger partial charge in [-0.1, -0.05) is 23.4 Å². The first kappa shape index (κ1) is 14.4. The van der Waals surface area contributed by atoms with Crippen molar-refractivity contribution in [3.05, 3.63) is 29.0 Å². The maximum atomic E-state index is 10.7. The molecule has 0 amide bonds. The van der Waals surface area contributed by atoms with Gasteiger partial charge in [0.1, 0.15) is 6.10 Å². The summed E-state index contributed by atoms with van der Waals surface area (Å²) in [6.07, 6.45) is 1.24. The average molecular weight is 276 g/mol. The smallest absolute Gasteiger partial charge is 0.185 e. The highest BCUT2D eigenvalue weighted by molar-refractivity contribution is 8.13. The largest absolute Gasteiger partial charge is 0.390 e. The molecule has 0 aliphatic heterocycles. The summed E-state index contributed by atoms with van der Waals surface area (Å²) in [7, 11) is 0. The maximum Gasteiger partial charge on any atom is 0.185 e. The number of nitrogens with zero attached hydrogens (tertiary/aromatic N) is 1. The fourth-order valence-corrected chi connectivity index (χ4v) is 2.19. The second-order valence-electron chi connectivity index (χ2n) is 3.54. The summed E-state index contributed by atoms with van der Waals surface area (Å²) in [5, 5.41) is 19.9. The summed E-state index contributed by atoms with van der Waals surface area (Å²) in [6.45, 7) is 1.47. The molecule has 0 saturated heterocycles. The van der Waals surface area contributed by atoms with Crippen LogP contribution >= 0.6 is 23.4 Å². The van der Waals surface area contributed by atoms with E-state index < -0.39 is 12.2 Å². The molecule has 1 rings (SSSR count). The number of aliphatic hydroxyl groups excluding tert-OH is 2. The third kappa shape index (κ3) is 4.63. The summed E-state index contributed by atoms with van der Waals surface area (Å²) in [5.74, 6) is 0.469. The van der Waals surface area contributed by atoms with E-state index in [9.17, 15) is 15.0 Å². The van der Waals surface area contributed by atoms with Crippen molar-refractivity contribution in [2.75, 3.05) is 5.75 Å². The van der Waals surface area contributed by atoms with Gasteiger partial charge in [0.25, 0.3) is 0 Å². The van der Waals surface area contributed by atoms with Gasteiger partial charge < -0.3 is 10.2 Å². The third-order valence-electron chi connectivity index (χ3n) is 2.21. The van der Waals surface area contributed by atoms with Crippen LogP contribution in [0.1, 0.15) is 25.0 Å². The Morgan fingerprint density at radius 1 is 1.59 bits per heavy atom. The number of hydrogen-bond acceptors (Lipinski definition) is 5. The lowest BCUT2D eigenvalue weighted by atomic mass is 10.0. The molecule has 0 saturated carbocycles. The number of aromatic nitrogens is 1. The van der Waals surface area contributed by atoms with Crippen LogP contribution in [0.3, 0.4) is 0 Å². The molecular formula is C11H14ClNO3S. The Labute approximate surface area is 109 Å². The van der Waals surface area contributed by atoms with Gasteiger partial charge in [-0.2, -0.15) is 0 Å². The number of carbonyl (C=O) groups excluding carboxylic acids is 1. The van der Waals surface area contributed by atoms with E-state index in [2.05, 4.69) is 4.98 Å². The summed E-state index contributed by atoms with van der Waals surface area (Å²) in [4.78, 5) is 14.5. The first-order valence-corrected chi connectivity index (χ1v) is 6.47. The van der Waals surface area contributed by atoms with E-state index in [0.717, 1.165) is 11.8 Å². The minimum atomic E-state index is -1.06. The summed E-state index contributed by atoms with van der Waals surface area (Å²) in [6, 6.07) is 1.56. The van der Waals surface area contributed by atoms with Crippen molar-refractivity contribution in [3.63, 3.8) is 0 Å². The van der Waals surface area contributed by atoms with Gasteiger partial charge in [-0.15, -0.1) is 0 Å². The van der Waals surface area contributed by atoms with Crippen molar-refractivity contribution >= 4 is 28.5 Å². The van der Waals surface area contributed by atoms with Crippen molar-refractivity contribution in [1.82, 2.24) is 4.98 Å². The molecule has 4 nitrogen and oxygen atoms in total. The van der Waals surface area contributed by atoms with E-state index in [1.807, 2.05) is 0 Å². The normalized spacial score (nSPS) is 14.4. The van der Waals surface area contributed by atoms with Crippen molar-refractivity contribution in [2.24, 2.45) is 0 Å². The van der Waals surface area contributed by atoms with Gasteiger partial charge in [0.05, 0.1) is 11.1 Å². The molecule has 2 N–H and O–H groups in total. The lowest BCUT2D eigenvalue weighted by Gasteiger charge is -2.18. The molecule has 1 aromatic rings. The van der Waals surface area contributed by atoms with Crippen LogP contribution in [-0.4, -0.2) is 32.2 Å². The Hall–Kier alpha value is -0.620. The highest BCUT2D eigenvalue weighted by Gasteiger charge is 2.20. The van der Waals surface area contributed by atoms with Gasteiger partial charge in [0.2, 0.25) is 0 Å². The van der Waals surface area contributed by atoms with Crippen LogP contribution in [0.15, 0.2) is 18.5 Å². The monoisotopic (exact) mass is 275 g/mol. The van der Waals surface area contributed by atoms with E-state index >= 15 is 0 Å². The summed E-state index contributed by atoms with van der Waals surface area (Å²) >= 11 is 6.98. The first-order chi connectivity index (χ1) is 8.02. The summed E-state index contributed by atoms with van der Waals surface area (Å²) in [5.41, 5.74) is 0.446. The Morgan fingerprint density at radius 2 is 2.29 bits per heavy atom. The first-order valence-electron chi connectivity index (χ1n) is 5.11. The molecule has 0 bridgehead atoms. The van der Waals surface area contributed by atoms with Crippen LogP contribution in [-0.2, 0) is 4.79 Å². The highest BCUT2D eigenvalue weighted by atomic mass is 35.5. The van der Waals surface area contributed by atoms with Crippen LogP contribution in [0, 0.1) is 0 Å². The molecule has 0 fully saturated rings. The minimum Gasteiger partial charge on any atom is -0.390 e. The molecule has 0 aliphatic carbocycles. The van der Waals surface area contributed by atoms with Gasteiger partial charge in [-0.3, -0.25) is 9.78 Å². The van der Waals surface area contributed by atoms with Gasteiger partial charge >= 0.3 is 0 Å². The molecule has 1 aromatic heterocycles. The van der Waals surface area contributed by atoms with E-state index in [0.29, 0.717) is 22.8 Å². The fourth-order valence-electron chi connectivity index (χ4n) is 1.31. The number of hydrogen-bond donors (Lipinski definition) is 2. The second kappa shape index (κ2) is 6.96. The number of thioether (sulfide) groups is 1. The van der Waals surface area contributed by atoms with E-state index in [4.69, 9.17) is 11.6 Å². The Balaban J connectivity index is 2.55. The average Bonchev–Trinajstić information content (AvgIpc) is 2.28.